The van der Waals surface area contributed by atoms with E-state index in [1.807, 2.05) is 14.1 Å². The lowest BCUT2D eigenvalue weighted by Gasteiger charge is -2.27. The van der Waals surface area contributed by atoms with Gasteiger partial charge in [-0.15, -0.1) is 0 Å². The summed E-state index contributed by atoms with van der Waals surface area (Å²) in [7, 11) is 0.278. The largest absolute Gasteiger partial charge is 0.328 e. The summed E-state index contributed by atoms with van der Waals surface area (Å²) in [5, 5.41) is 8.91. The fourth-order valence-electron chi connectivity index (χ4n) is 3.73. The van der Waals surface area contributed by atoms with Crippen LogP contribution in [-0.4, -0.2) is 78.1 Å². The summed E-state index contributed by atoms with van der Waals surface area (Å²) in [6.45, 7) is 2.58. The highest BCUT2D eigenvalue weighted by Crippen LogP contribution is 2.37. The maximum absolute atomic E-state index is 12.7. The van der Waals surface area contributed by atoms with Gasteiger partial charge in [0, 0.05) is 42.7 Å². The van der Waals surface area contributed by atoms with Gasteiger partial charge in [0.05, 0.1) is 6.54 Å². The van der Waals surface area contributed by atoms with Gasteiger partial charge in [0.25, 0.3) is 5.91 Å². The van der Waals surface area contributed by atoms with Crippen LogP contribution >= 0.6 is 0 Å². The molecule has 0 saturated heterocycles. The number of fused-ring (bicyclic) bond motifs is 1. The molecule has 1 aliphatic carbocycles. The van der Waals surface area contributed by atoms with E-state index < -0.39 is 20.5 Å². The normalized spacial score (nSPS) is 21.2. The van der Waals surface area contributed by atoms with Gasteiger partial charge < -0.3 is 9.80 Å². The van der Waals surface area contributed by atoms with Gasteiger partial charge in [-0.3, -0.25) is 14.6 Å². The molecule has 32 heavy (non-hydrogen) atoms. The van der Waals surface area contributed by atoms with Gasteiger partial charge in [-0.25, -0.2) is 18.7 Å². The zero-order valence-corrected chi connectivity index (χ0v) is 19.5. The first-order valence-corrected chi connectivity index (χ1v) is 12.2. The van der Waals surface area contributed by atoms with Crippen molar-refractivity contribution >= 4 is 21.8 Å². The number of nitrogens with zero attached hydrogens (tertiary/aromatic N) is 3. The number of nitrogens with one attached hydrogen (secondary N) is 1. The fraction of sp³-hybridized carbons (Fsp3) is 0.545. The lowest BCUT2D eigenvalue weighted by Crippen LogP contribution is -2.50. The minimum absolute atomic E-state index is 0.0412. The highest BCUT2D eigenvalue weighted by atomic mass is 32.2. The lowest BCUT2D eigenvalue weighted by molar-refractivity contribution is -0.131. The summed E-state index contributed by atoms with van der Waals surface area (Å²) in [5.74, 6) is 11.9. The Labute approximate surface area is 188 Å². The van der Waals surface area contributed by atoms with E-state index >= 15 is 0 Å². The molecule has 2 N–H and O–H groups in total. The van der Waals surface area contributed by atoms with Crippen molar-refractivity contribution in [2.24, 2.45) is 11.8 Å². The number of carbonyl (C=O) groups excluding carboxylic acids is 2. The highest BCUT2D eigenvalue weighted by Gasteiger charge is 2.44. The van der Waals surface area contributed by atoms with Gasteiger partial charge in [0.15, 0.2) is 14.6 Å². The van der Waals surface area contributed by atoms with Crippen LogP contribution in [0.5, 0.6) is 0 Å². The quantitative estimate of drug-likeness (QED) is 0.349. The van der Waals surface area contributed by atoms with Crippen molar-refractivity contribution in [3.8, 4) is 23.7 Å². The van der Waals surface area contributed by atoms with Crippen LogP contribution in [0.3, 0.4) is 0 Å². The molecule has 0 radical (unpaired) electrons. The van der Waals surface area contributed by atoms with Crippen molar-refractivity contribution < 1.29 is 23.2 Å². The predicted molar refractivity (Wildman–Crippen MR) is 118 cm³/mol. The number of carbonyl (C=O) groups is 2. The Hall–Kier alpha value is -2.79. The van der Waals surface area contributed by atoms with E-state index in [2.05, 4.69) is 28.6 Å². The second kappa shape index (κ2) is 8.99. The van der Waals surface area contributed by atoms with E-state index in [1.54, 1.807) is 12.3 Å². The van der Waals surface area contributed by atoms with Crippen LogP contribution < -0.4 is 5.48 Å². The number of hydrogen-bond donors (Lipinski definition) is 2. The lowest BCUT2D eigenvalue weighted by atomic mass is 10.1. The van der Waals surface area contributed by atoms with Gasteiger partial charge in [0.2, 0.25) is 0 Å². The molecule has 2 aliphatic rings. The molecule has 0 bridgehead atoms. The molecule has 9 nitrogen and oxygen atoms in total. The van der Waals surface area contributed by atoms with E-state index in [1.165, 1.54) is 21.9 Å². The number of aromatic nitrogens is 1. The molecule has 3 atom stereocenters. The van der Waals surface area contributed by atoms with Crippen LogP contribution in [0.15, 0.2) is 12.3 Å². The summed E-state index contributed by atoms with van der Waals surface area (Å²) >= 11 is 0. The molecule has 0 aromatic carbocycles. The summed E-state index contributed by atoms with van der Waals surface area (Å²) in [4.78, 5) is 28.2. The van der Waals surface area contributed by atoms with E-state index in [0.29, 0.717) is 17.4 Å². The molecule has 1 aromatic heterocycles. The zero-order valence-electron chi connectivity index (χ0n) is 18.7. The molecule has 10 heteroatoms. The first kappa shape index (κ1) is 23.9. The number of rotatable bonds is 7. The monoisotopic (exact) mass is 460 g/mol. The van der Waals surface area contributed by atoms with Crippen molar-refractivity contribution in [2.45, 2.75) is 31.1 Å². The smallest absolute Gasteiger partial charge is 0.318 e. The van der Waals surface area contributed by atoms with E-state index in [0.717, 1.165) is 24.9 Å². The maximum atomic E-state index is 12.7. The molecule has 1 aliphatic heterocycles. The Balaban J connectivity index is 1.60. The van der Waals surface area contributed by atoms with Crippen molar-refractivity contribution in [1.82, 2.24) is 19.8 Å². The second-order valence-electron chi connectivity index (χ2n) is 8.87. The fourth-order valence-corrected chi connectivity index (χ4v) is 4.57. The maximum Gasteiger partial charge on any atom is 0.328 e. The predicted octanol–water partition coefficient (Wildman–Crippen LogP) is 0.523. The summed E-state index contributed by atoms with van der Waals surface area (Å²) in [6, 6.07) is 1.48. The van der Waals surface area contributed by atoms with Crippen LogP contribution in [0.1, 0.15) is 31.0 Å². The van der Waals surface area contributed by atoms with Gasteiger partial charge in [-0.05, 0) is 57.7 Å². The highest BCUT2D eigenvalue weighted by molar-refractivity contribution is 7.92. The van der Waals surface area contributed by atoms with Gasteiger partial charge in [-0.1, -0.05) is 11.8 Å². The van der Waals surface area contributed by atoms with Crippen LogP contribution in [0.4, 0.5) is 4.79 Å². The average molecular weight is 461 g/mol. The summed E-state index contributed by atoms with van der Waals surface area (Å²) < 4.78 is 23.8. The molecule has 0 spiro atoms. The Morgan fingerprint density at radius 1 is 1.38 bits per heavy atom. The number of sulfone groups is 1. The molecular formula is C22H28N4O5S. The van der Waals surface area contributed by atoms with Crippen LogP contribution in [0, 0.1) is 35.5 Å². The molecule has 2 amide bonds. The van der Waals surface area contributed by atoms with Crippen molar-refractivity contribution in [1.29, 1.82) is 0 Å². The van der Waals surface area contributed by atoms with E-state index in [-0.39, 0.29) is 25.5 Å². The SMILES string of the molecule is CN(C)C[C@@H]1C[C@H]1C#CC#Cc1cc2n(c1)C(=O)N(CC[C@](C)(C(=O)NO)S(C)(=O)=O)C2. The van der Waals surface area contributed by atoms with Gasteiger partial charge >= 0.3 is 6.03 Å². The van der Waals surface area contributed by atoms with Crippen LogP contribution in [-0.2, 0) is 21.2 Å². The summed E-state index contributed by atoms with van der Waals surface area (Å²) in [6.07, 6.45) is 3.52. The molecule has 2 heterocycles. The molecule has 1 fully saturated rings. The van der Waals surface area contributed by atoms with Crippen molar-refractivity contribution in [3.63, 3.8) is 0 Å². The van der Waals surface area contributed by atoms with Gasteiger partial charge in [0.1, 0.15) is 0 Å². The molecule has 172 valence electrons. The molecule has 1 saturated carbocycles. The van der Waals surface area contributed by atoms with Gasteiger partial charge in [-0.2, -0.15) is 0 Å². The molecule has 1 aromatic rings. The average Bonchev–Trinajstić information content (AvgIpc) is 3.19. The number of hydrogen-bond acceptors (Lipinski definition) is 6. The van der Waals surface area contributed by atoms with E-state index in [9.17, 15) is 18.0 Å². The Morgan fingerprint density at radius 3 is 2.69 bits per heavy atom. The van der Waals surface area contributed by atoms with Crippen LogP contribution in [0.2, 0.25) is 0 Å². The first-order valence-electron chi connectivity index (χ1n) is 10.3. The Bertz CT molecular complexity index is 1150. The Morgan fingerprint density at radius 2 is 2.09 bits per heavy atom. The topological polar surface area (TPSA) is 112 Å². The van der Waals surface area contributed by atoms with Crippen molar-refractivity contribution in [2.75, 3.05) is 33.4 Å². The number of amides is 2. The standard InChI is InChI=1S/C22H28N4O5S/c1-22(20(27)23-29,32(4,30)31)9-10-25-15-19-11-16(13-26(19)21(25)28)7-5-6-8-17-12-18(17)14-24(2)3/h11,13,17-18,29H,9-10,12,14-15H2,1-4H3,(H,23,27)/t17-,18+,22-/m1/s1. The third kappa shape index (κ3) is 4.99. The third-order valence-corrected chi connectivity index (χ3v) is 8.06. The van der Waals surface area contributed by atoms with Crippen molar-refractivity contribution in [3.05, 3.63) is 23.5 Å². The molecular weight excluding hydrogens is 432 g/mol. The molecule has 0 unspecified atom stereocenters. The Kier molecular flexibility index (Phi) is 6.70. The third-order valence-electron chi connectivity index (χ3n) is 6.04. The zero-order chi connectivity index (χ0) is 23.7. The first-order chi connectivity index (χ1) is 15.0. The molecule has 3 rings (SSSR count). The minimum atomic E-state index is -3.82. The summed E-state index contributed by atoms with van der Waals surface area (Å²) in [5.41, 5.74) is 2.82. The minimum Gasteiger partial charge on any atom is -0.318 e. The van der Waals surface area contributed by atoms with Crippen LogP contribution in [0.25, 0.3) is 0 Å². The second-order valence-corrected chi connectivity index (χ2v) is 11.3. The van der Waals surface area contributed by atoms with E-state index in [4.69, 9.17) is 5.21 Å². The number of hydroxylamine groups is 1.